The summed E-state index contributed by atoms with van der Waals surface area (Å²) in [6, 6.07) is 5.11. The molecule has 2 heterocycles. The summed E-state index contributed by atoms with van der Waals surface area (Å²) in [6.07, 6.45) is 3.59. The van der Waals surface area contributed by atoms with Crippen molar-refractivity contribution in [1.82, 2.24) is 9.62 Å². The molecule has 7 heteroatoms. The fourth-order valence-corrected chi connectivity index (χ4v) is 4.65. The fourth-order valence-electron chi connectivity index (χ4n) is 3.08. The van der Waals surface area contributed by atoms with Crippen LogP contribution in [0.1, 0.15) is 30.4 Å². The molecule has 1 fully saturated rings. The van der Waals surface area contributed by atoms with Crippen LogP contribution in [0, 0.1) is 0 Å². The Balaban J connectivity index is 0.00000176. The number of halogens is 2. The van der Waals surface area contributed by atoms with Crippen molar-refractivity contribution in [2.24, 2.45) is 0 Å². The van der Waals surface area contributed by atoms with Gasteiger partial charge in [-0.3, -0.25) is 0 Å². The number of hydrogen-bond acceptors (Lipinski definition) is 3. The Morgan fingerprint density at radius 1 is 1.18 bits per heavy atom. The third kappa shape index (κ3) is 3.45. The van der Waals surface area contributed by atoms with Crippen LogP contribution < -0.4 is 5.32 Å². The molecular weight excluding hydrogens is 327 g/mol. The summed E-state index contributed by atoms with van der Waals surface area (Å²) in [6.45, 7) is 1.36. The SMILES string of the molecule is Cl.O=S(=O)(c1ccc2c(c1)CNC(CF)C2)N1CCCCC1. The zero-order chi connectivity index (χ0) is 14.9. The monoisotopic (exact) mass is 348 g/mol. The summed E-state index contributed by atoms with van der Waals surface area (Å²) in [5.74, 6) is 0. The van der Waals surface area contributed by atoms with Crippen LogP contribution in [-0.2, 0) is 23.0 Å². The van der Waals surface area contributed by atoms with Crippen LogP contribution in [0.5, 0.6) is 0 Å². The van der Waals surface area contributed by atoms with Crippen molar-refractivity contribution >= 4 is 22.4 Å². The first-order chi connectivity index (χ1) is 10.1. The molecule has 1 unspecified atom stereocenters. The van der Waals surface area contributed by atoms with Gasteiger partial charge in [-0.1, -0.05) is 12.5 Å². The third-order valence-corrected chi connectivity index (χ3v) is 6.26. The summed E-state index contributed by atoms with van der Waals surface area (Å²) < 4.78 is 39.6. The number of nitrogens with zero attached hydrogens (tertiary/aromatic N) is 1. The lowest BCUT2D eigenvalue weighted by Crippen LogP contribution is -2.38. The molecule has 0 aliphatic carbocycles. The summed E-state index contributed by atoms with van der Waals surface area (Å²) in [4.78, 5) is 0.364. The molecule has 0 spiro atoms. The second-order valence-corrected chi connectivity index (χ2v) is 7.77. The van der Waals surface area contributed by atoms with Gasteiger partial charge in [0.15, 0.2) is 0 Å². The van der Waals surface area contributed by atoms with Crippen LogP contribution in [-0.4, -0.2) is 38.5 Å². The van der Waals surface area contributed by atoms with Gasteiger partial charge in [0, 0.05) is 25.7 Å². The van der Waals surface area contributed by atoms with E-state index in [2.05, 4.69) is 5.32 Å². The molecule has 1 N–H and O–H groups in total. The molecule has 0 saturated carbocycles. The number of sulfonamides is 1. The topological polar surface area (TPSA) is 49.4 Å². The molecule has 4 nitrogen and oxygen atoms in total. The number of piperidine rings is 1. The number of benzene rings is 1. The second kappa shape index (κ2) is 7.25. The van der Waals surface area contributed by atoms with Gasteiger partial charge in [-0.05, 0) is 42.5 Å². The van der Waals surface area contributed by atoms with E-state index < -0.39 is 16.7 Å². The molecule has 0 amide bonds. The fraction of sp³-hybridized carbons (Fsp3) is 0.600. The zero-order valence-electron chi connectivity index (χ0n) is 12.4. The lowest BCUT2D eigenvalue weighted by molar-refractivity contribution is 0.346. The van der Waals surface area contributed by atoms with E-state index in [0.29, 0.717) is 31.0 Å². The van der Waals surface area contributed by atoms with Crippen LogP contribution >= 0.6 is 12.4 Å². The van der Waals surface area contributed by atoms with E-state index >= 15 is 0 Å². The van der Waals surface area contributed by atoms with E-state index in [1.807, 2.05) is 6.07 Å². The minimum absolute atomic E-state index is 0. The summed E-state index contributed by atoms with van der Waals surface area (Å²) in [7, 11) is -3.38. The molecule has 22 heavy (non-hydrogen) atoms. The molecule has 0 aromatic heterocycles. The quantitative estimate of drug-likeness (QED) is 0.911. The van der Waals surface area contributed by atoms with Gasteiger partial charge >= 0.3 is 0 Å². The molecule has 1 aromatic rings. The normalized spacial score (nSPS) is 22.7. The van der Waals surface area contributed by atoms with Gasteiger partial charge in [-0.15, -0.1) is 12.4 Å². The highest BCUT2D eigenvalue weighted by atomic mass is 35.5. The molecule has 2 aliphatic rings. The number of rotatable bonds is 3. The minimum atomic E-state index is -3.38. The standard InChI is InChI=1S/C15H21FN2O2S.ClH/c16-10-14-8-12-4-5-15(9-13(12)11-17-14)21(19,20)18-6-2-1-3-7-18;/h4-5,9,14,17H,1-3,6-8,10-11H2;1H. The minimum Gasteiger partial charge on any atom is -0.307 e. The van der Waals surface area contributed by atoms with E-state index in [0.717, 1.165) is 30.4 Å². The first kappa shape index (κ1) is 17.7. The summed E-state index contributed by atoms with van der Waals surface area (Å²) >= 11 is 0. The van der Waals surface area contributed by atoms with Crippen molar-refractivity contribution in [3.05, 3.63) is 29.3 Å². The summed E-state index contributed by atoms with van der Waals surface area (Å²) in [5, 5.41) is 3.10. The number of fused-ring (bicyclic) bond motifs is 1. The van der Waals surface area contributed by atoms with Gasteiger partial charge in [-0.2, -0.15) is 4.31 Å². The Bertz CT molecular complexity index is 618. The van der Waals surface area contributed by atoms with E-state index in [-0.39, 0.29) is 18.4 Å². The first-order valence-electron chi connectivity index (χ1n) is 7.52. The Kier molecular flexibility index (Phi) is 5.82. The smallest absolute Gasteiger partial charge is 0.243 e. The number of hydrogen-bond donors (Lipinski definition) is 1. The molecule has 3 rings (SSSR count). The van der Waals surface area contributed by atoms with Crippen LogP contribution in [0.25, 0.3) is 0 Å². The number of nitrogens with one attached hydrogen (secondary N) is 1. The Morgan fingerprint density at radius 3 is 2.59 bits per heavy atom. The third-order valence-electron chi connectivity index (χ3n) is 4.36. The van der Waals surface area contributed by atoms with E-state index in [1.54, 1.807) is 16.4 Å². The lowest BCUT2D eigenvalue weighted by Gasteiger charge is -2.28. The Morgan fingerprint density at radius 2 is 1.91 bits per heavy atom. The number of alkyl halides is 1. The van der Waals surface area contributed by atoms with Crippen LogP contribution in [0.15, 0.2) is 23.1 Å². The second-order valence-electron chi connectivity index (χ2n) is 5.83. The molecule has 1 saturated heterocycles. The molecule has 1 atom stereocenters. The molecule has 1 aromatic carbocycles. The highest BCUT2D eigenvalue weighted by Crippen LogP contribution is 2.25. The van der Waals surface area contributed by atoms with Crippen molar-refractivity contribution < 1.29 is 12.8 Å². The van der Waals surface area contributed by atoms with E-state index in [4.69, 9.17) is 0 Å². The highest BCUT2D eigenvalue weighted by molar-refractivity contribution is 7.89. The highest BCUT2D eigenvalue weighted by Gasteiger charge is 2.27. The van der Waals surface area contributed by atoms with Gasteiger partial charge in [0.2, 0.25) is 10.0 Å². The predicted octanol–water partition coefficient (Wildman–Crippen LogP) is 2.27. The predicted molar refractivity (Wildman–Crippen MR) is 86.6 cm³/mol. The lowest BCUT2D eigenvalue weighted by atomic mass is 9.96. The van der Waals surface area contributed by atoms with Crippen LogP contribution in [0.2, 0.25) is 0 Å². The molecule has 124 valence electrons. The first-order valence-corrected chi connectivity index (χ1v) is 8.96. The maximum Gasteiger partial charge on any atom is 0.243 e. The van der Waals surface area contributed by atoms with Crippen molar-refractivity contribution in [3.8, 4) is 0 Å². The van der Waals surface area contributed by atoms with Gasteiger partial charge in [0.1, 0.15) is 6.67 Å². The van der Waals surface area contributed by atoms with Crippen molar-refractivity contribution in [2.45, 2.75) is 43.2 Å². The van der Waals surface area contributed by atoms with Crippen molar-refractivity contribution in [1.29, 1.82) is 0 Å². The molecule has 2 aliphatic heterocycles. The molecule has 0 radical (unpaired) electrons. The van der Waals surface area contributed by atoms with Gasteiger partial charge < -0.3 is 5.32 Å². The van der Waals surface area contributed by atoms with Crippen molar-refractivity contribution in [2.75, 3.05) is 19.8 Å². The van der Waals surface area contributed by atoms with Gasteiger partial charge in [0.25, 0.3) is 0 Å². The maximum absolute atomic E-state index is 12.7. The van der Waals surface area contributed by atoms with Gasteiger partial charge in [0.05, 0.1) is 4.90 Å². The molecular formula is C15H22ClFN2O2S. The Hall–Kier alpha value is -0.690. The maximum atomic E-state index is 12.7. The van der Waals surface area contributed by atoms with Crippen molar-refractivity contribution in [3.63, 3.8) is 0 Å². The van der Waals surface area contributed by atoms with E-state index in [1.165, 1.54) is 0 Å². The molecule has 0 bridgehead atoms. The Labute approximate surface area is 137 Å². The summed E-state index contributed by atoms with van der Waals surface area (Å²) in [5.41, 5.74) is 2.02. The van der Waals surface area contributed by atoms with E-state index in [9.17, 15) is 12.8 Å². The van der Waals surface area contributed by atoms with Crippen LogP contribution in [0.4, 0.5) is 4.39 Å². The average molecular weight is 349 g/mol. The zero-order valence-corrected chi connectivity index (χ0v) is 14.1. The van der Waals surface area contributed by atoms with Crippen LogP contribution in [0.3, 0.4) is 0 Å². The van der Waals surface area contributed by atoms with Gasteiger partial charge in [-0.25, -0.2) is 12.8 Å². The average Bonchev–Trinajstić information content (AvgIpc) is 2.54. The largest absolute Gasteiger partial charge is 0.307 e.